The van der Waals surface area contributed by atoms with Gasteiger partial charge in [-0.05, 0) is 32.0 Å². The van der Waals surface area contributed by atoms with Crippen LogP contribution in [0.25, 0.3) is 0 Å². The Balaban J connectivity index is 2.51. The van der Waals surface area contributed by atoms with Gasteiger partial charge in [-0.25, -0.2) is 0 Å². The maximum Gasteiger partial charge on any atom is 0.236 e. The van der Waals surface area contributed by atoms with Gasteiger partial charge in [0.15, 0.2) is 0 Å². The van der Waals surface area contributed by atoms with Gasteiger partial charge in [0.25, 0.3) is 0 Å². The first-order valence-electron chi connectivity index (χ1n) is 6.29. The average molecular weight is 269 g/mol. The Labute approximate surface area is 113 Å². The Kier molecular flexibility index (Phi) is 6.32. The number of carbonyl (C=O) groups excluding carboxylic acids is 1. The number of rotatable bonds is 7. The third-order valence-corrected chi connectivity index (χ3v) is 3.87. The molecule has 1 amide bonds. The first-order valence-corrected chi connectivity index (χ1v) is 7.17. The number of carbonyl (C=O) groups is 1. The van der Waals surface area contributed by atoms with E-state index in [1.54, 1.807) is 11.3 Å². The van der Waals surface area contributed by atoms with Gasteiger partial charge in [-0.2, -0.15) is 0 Å². The summed E-state index contributed by atoms with van der Waals surface area (Å²) in [6.07, 6.45) is 1.66. The molecule has 18 heavy (non-hydrogen) atoms. The lowest BCUT2D eigenvalue weighted by Gasteiger charge is -2.24. The Morgan fingerprint density at radius 3 is 2.78 bits per heavy atom. The van der Waals surface area contributed by atoms with Crippen molar-refractivity contribution >= 4 is 17.2 Å². The molecule has 0 saturated heterocycles. The van der Waals surface area contributed by atoms with Crippen LogP contribution < -0.4 is 11.1 Å². The molecule has 1 aromatic heterocycles. The fourth-order valence-corrected chi connectivity index (χ4v) is 2.71. The maximum absolute atomic E-state index is 11.8. The van der Waals surface area contributed by atoms with E-state index in [0.717, 1.165) is 12.8 Å². The van der Waals surface area contributed by atoms with Crippen molar-refractivity contribution in [2.24, 2.45) is 5.73 Å². The molecule has 0 fully saturated rings. The van der Waals surface area contributed by atoms with E-state index >= 15 is 0 Å². The average Bonchev–Trinajstić information content (AvgIpc) is 2.82. The summed E-state index contributed by atoms with van der Waals surface area (Å²) in [6.45, 7) is 2.63. The predicted octanol–water partition coefficient (Wildman–Crippen LogP) is 1.59. The van der Waals surface area contributed by atoms with Crippen molar-refractivity contribution in [2.75, 3.05) is 20.6 Å². The molecular formula is C13H23N3OS. The maximum atomic E-state index is 11.8. The number of nitrogens with two attached hydrogens (primary N) is 1. The molecule has 5 heteroatoms. The second-order valence-electron chi connectivity index (χ2n) is 4.64. The number of likely N-dealkylation sites (N-methyl/N-ethyl adjacent to an activating group) is 1. The fourth-order valence-electron chi connectivity index (χ4n) is 1.79. The van der Waals surface area contributed by atoms with Gasteiger partial charge < -0.3 is 16.0 Å². The summed E-state index contributed by atoms with van der Waals surface area (Å²) in [6, 6.07) is 3.94. The highest BCUT2D eigenvalue weighted by Crippen LogP contribution is 2.22. The molecule has 102 valence electrons. The Bertz CT molecular complexity index is 351. The van der Waals surface area contributed by atoms with Crippen LogP contribution in [-0.2, 0) is 4.79 Å². The minimum absolute atomic E-state index is 0.0553. The molecule has 0 bridgehead atoms. The molecule has 2 atom stereocenters. The van der Waals surface area contributed by atoms with Crippen LogP contribution in [-0.4, -0.2) is 37.5 Å². The highest BCUT2D eigenvalue weighted by atomic mass is 32.1. The zero-order valence-electron chi connectivity index (χ0n) is 11.3. The van der Waals surface area contributed by atoms with E-state index in [1.165, 1.54) is 4.88 Å². The third-order valence-electron chi connectivity index (χ3n) is 2.90. The van der Waals surface area contributed by atoms with E-state index in [2.05, 4.69) is 21.7 Å². The molecule has 0 aliphatic heterocycles. The number of amides is 1. The van der Waals surface area contributed by atoms with Gasteiger partial charge in [-0.3, -0.25) is 4.79 Å². The summed E-state index contributed by atoms with van der Waals surface area (Å²) in [5, 5.41) is 4.99. The summed E-state index contributed by atoms with van der Waals surface area (Å²) < 4.78 is 0. The van der Waals surface area contributed by atoms with Crippen molar-refractivity contribution in [3.63, 3.8) is 0 Å². The summed E-state index contributed by atoms with van der Waals surface area (Å²) >= 11 is 1.71. The topological polar surface area (TPSA) is 58.4 Å². The van der Waals surface area contributed by atoms with Gasteiger partial charge in [0, 0.05) is 11.4 Å². The van der Waals surface area contributed by atoms with Gasteiger partial charge in [0.1, 0.15) is 0 Å². The van der Waals surface area contributed by atoms with Crippen LogP contribution in [0.4, 0.5) is 0 Å². The van der Waals surface area contributed by atoms with E-state index in [9.17, 15) is 4.79 Å². The Morgan fingerprint density at radius 2 is 2.28 bits per heavy atom. The van der Waals surface area contributed by atoms with Crippen molar-refractivity contribution in [3.8, 4) is 0 Å². The van der Waals surface area contributed by atoms with Gasteiger partial charge in [-0.1, -0.05) is 19.4 Å². The second-order valence-corrected chi connectivity index (χ2v) is 5.61. The van der Waals surface area contributed by atoms with Crippen molar-refractivity contribution < 1.29 is 4.79 Å². The summed E-state index contributed by atoms with van der Waals surface area (Å²) in [5.41, 5.74) is 5.79. The lowest BCUT2D eigenvalue weighted by molar-refractivity contribution is -0.122. The second kappa shape index (κ2) is 7.51. The number of nitrogens with one attached hydrogen (secondary N) is 1. The number of thiophene rings is 1. The summed E-state index contributed by atoms with van der Waals surface area (Å²) in [4.78, 5) is 15.1. The van der Waals surface area contributed by atoms with E-state index in [0.29, 0.717) is 6.54 Å². The molecule has 4 nitrogen and oxygen atoms in total. The highest BCUT2D eigenvalue weighted by molar-refractivity contribution is 7.10. The number of hydrogen-bond acceptors (Lipinski definition) is 4. The minimum atomic E-state index is -0.388. The van der Waals surface area contributed by atoms with E-state index in [4.69, 9.17) is 5.73 Å². The van der Waals surface area contributed by atoms with Crippen LogP contribution in [0.5, 0.6) is 0 Å². The van der Waals surface area contributed by atoms with Crippen LogP contribution in [0.3, 0.4) is 0 Å². The van der Waals surface area contributed by atoms with Crippen LogP contribution in [0.2, 0.25) is 0 Å². The van der Waals surface area contributed by atoms with Gasteiger partial charge in [0.2, 0.25) is 5.91 Å². The van der Waals surface area contributed by atoms with Gasteiger partial charge in [0.05, 0.1) is 12.1 Å². The normalized spacial score (nSPS) is 14.5. The molecule has 0 aliphatic carbocycles. The molecule has 0 radical (unpaired) electrons. The quantitative estimate of drug-likeness (QED) is 0.790. The summed E-state index contributed by atoms with van der Waals surface area (Å²) in [5.74, 6) is -0.0553. The molecule has 0 aliphatic rings. The Morgan fingerprint density at radius 1 is 1.56 bits per heavy atom. The Hall–Kier alpha value is -0.910. The van der Waals surface area contributed by atoms with Crippen molar-refractivity contribution in [3.05, 3.63) is 22.4 Å². The van der Waals surface area contributed by atoms with Crippen molar-refractivity contribution in [2.45, 2.75) is 31.8 Å². The SMILES string of the molecule is CCCC(N)C(=O)NCC(c1cccs1)N(C)C. The first-order chi connectivity index (χ1) is 8.56. The lowest BCUT2D eigenvalue weighted by Crippen LogP contribution is -2.43. The zero-order valence-corrected chi connectivity index (χ0v) is 12.2. The molecule has 0 aromatic carbocycles. The van der Waals surface area contributed by atoms with E-state index in [1.807, 2.05) is 27.1 Å². The van der Waals surface area contributed by atoms with Crippen LogP contribution in [0.15, 0.2) is 17.5 Å². The molecule has 3 N–H and O–H groups in total. The summed E-state index contributed by atoms with van der Waals surface area (Å²) in [7, 11) is 4.03. The highest BCUT2D eigenvalue weighted by Gasteiger charge is 2.18. The van der Waals surface area contributed by atoms with Crippen LogP contribution >= 0.6 is 11.3 Å². The smallest absolute Gasteiger partial charge is 0.236 e. The molecule has 1 aromatic rings. The molecule has 2 unspecified atom stereocenters. The van der Waals surface area contributed by atoms with E-state index in [-0.39, 0.29) is 18.0 Å². The van der Waals surface area contributed by atoms with Crippen LogP contribution in [0.1, 0.15) is 30.7 Å². The largest absolute Gasteiger partial charge is 0.353 e. The predicted molar refractivity (Wildman–Crippen MR) is 76.6 cm³/mol. The van der Waals surface area contributed by atoms with Crippen molar-refractivity contribution in [1.82, 2.24) is 10.2 Å². The standard InChI is InChI=1S/C13H23N3OS/c1-4-6-10(14)13(17)15-9-11(16(2)3)12-7-5-8-18-12/h5,7-8,10-11H,4,6,9,14H2,1-3H3,(H,15,17). The van der Waals surface area contributed by atoms with Gasteiger partial charge in [-0.15, -0.1) is 11.3 Å². The fraction of sp³-hybridized carbons (Fsp3) is 0.615. The monoisotopic (exact) mass is 269 g/mol. The number of nitrogens with zero attached hydrogens (tertiary/aromatic N) is 1. The molecule has 1 heterocycles. The third kappa shape index (κ3) is 4.40. The number of hydrogen-bond donors (Lipinski definition) is 2. The van der Waals surface area contributed by atoms with Gasteiger partial charge >= 0.3 is 0 Å². The molecular weight excluding hydrogens is 246 g/mol. The zero-order chi connectivity index (χ0) is 13.5. The molecule has 0 saturated carbocycles. The minimum Gasteiger partial charge on any atom is -0.353 e. The van der Waals surface area contributed by atoms with Crippen LogP contribution in [0, 0.1) is 0 Å². The first kappa shape index (κ1) is 15.1. The molecule has 0 spiro atoms. The lowest BCUT2D eigenvalue weighted by atomic mass is 10.1. The van der Waals surface area contributed by atoms with Crippen molar-refractivity contribution in [1.29, 1.82) is 0 Å². The molecule has 1 rings (SSSR count). The van der Waals surface area contributed by atoms with E-state index < -0.39 is 0 Å².